The average molecular weight is 432 g/mol. The van der Waals surface area contributed by atoms with E-state index in [0.717, 1.165) is 49.9 Å². The summed E-state index contributed by atoms with van der Waals surface area (Å²) in [5.74, 6) is -0.498. The number of carbonyl (C=O) groups excluding carboxylic acids is 2. The number of hydrogen-bond acceptors (Lipinski definition) is 4. The normalized spacial score (nSPS) is 28.4. The van der Waals surface area contributed by atoms with E-state index in [1.165, 1.54) is 12.8 Å². The van der Waals surface area contributed by atoms with Gasteiger partial charge in [0.25, 0.3) is 0 Å². The zero-order valence-corrected chi connectivity index (χ0v) is 19.2. The van der Waals surface area contributed by atoms with Gasteiger partial charge in [0.15, 0.2) is 11.6 Å². The van der Waals surface area contributed by atoms with Gasteiger partial charge in [0.2, 0.25) is 0 Å². The van der Waals surface area contributed by atoms with Crippen molar-refractivity contribution in [3.8, 4) is 0 Å². The highest BCUT2D eigenvalue weighted by atomic mass is 16.5. The molecule has 0 aromatic rings. The summed E-state index contributed by atoms with van der Waals surface area (Å²) in [7, 11) is 1.61. The SMILES string of the molecule is CCCC1=C(C=C=C2/C=C\CCCCC2)C(=O)C(C2=N/C=C(\OC)CC/C=C/C=C\2)C1=O. The molecule has 0 radical (unpaired) electrons. The van der Waals surface area contributed by atoms with E-state index in [1.807, 2.05) is 25.2 Å². The Bertz CT molecular complexity index is 978. The molecule has 0 bridgehead atoms. The minimum Gasteiger partial charge on any atom is -0.499 e. The molecular weight excluding hydrogens is 398 g/mol. The van der Waals surface area contributed by atoms with Crippen molar-refractivity contribution >= 4 is 17.3 Å². The van der Waals surface area contributed by atoms with Crippen molar-refractivity contribution in [2.75, 3.05) is 7.11 Å². The van der Waals surface area contributed by atoms with Gasteiger partial charge in [-0.3, -0.25) is 14.6 Å². The van der Waals surface area contributed by atoms with E-state index in [-0.39, 0.29) is 11.6 Å². The summed E-state index contributed by atoms with van der Waals surface area (Å²) in [6.07, 6.45) is 23.7. The van der Waals surface area contributed by atoms with Crippen LogP contribution >= 0.6 is 0 Å². The first-order chi connectivity index (χ1) is 15.7. The summed E-state index contributed by atoms with van der Waals surface area (Å²) in [5.41, 5.74) is 5.96. The average Bonchev–Trinajstić information content (AvgIpc) is 3.00. The molecular formula is C28H33NO3. The molecule has 3 aliphatic rings. The predicted molar refractivity (Wildman–Crippen MR) is 129 cm³/mol. The summed E-state index contributed by atoms with van der Waals surface area (Å²) in [6, 6.07) is 0. The molecule has 1 aliphatic heterocycles. The van der Waals surface area contributed by atoms with E-state index in [9.17, 15) is 9.59 Å². The number of allylic oxidation sites excluding steroid dienone is 10. The number of carbonyl (C=O) groups is 2. The van der Waals surface area contributed by atoms with E-state index in [1.54, 1.807) is 25.5 Å². The zero-order chi connectivity index (χ0) is 22.8. The quantitative estimate of drug-likeness (QED) is 0.380. The maximum atomic E-state index is 13.4. The molecule has 2 aliphatic carbocycles. The molecule has 0 aromatic heterocycles. The van der Waals surface area contributed by atoms with Gasteiger partial charge in [-0.15, -0.1) is 5.73 Å². The Kier molecular flexibility index (Phi) is 9.01. The maximum Gasteiger partial charge on any atom is 0.180 e. The van der Waals surface area contributed by atoms with Crippen LogP contribution in [0.5, 0.6) is 0 Å². The molecule has 0 N–H and O–H groups in total. The van der Waals surface area contributed by atoms with Crippen molar-refractivity contribution in [3.05, 3.63) is 76.9 Å². The number of aliphatic imine (C=N–C) groups is 1. The maximum absolute atomic E-state index is 13.4. The lowest BCUT2D eigenvalue weighted by atomic mass is 9.94. The van der Waals surface area contributed by atoms with Crippen LogP contribution in [-0.4, -0.2) is 24.4 Å². The molecule has 0 aromatic carbocycles. The molecule has 0 spiro atoms. The molecule has 0 fully saturated rings. The largest absolute Gasteiger partial charge is 0.499 e. The molecule has 168 valence electrons. The van der Waals surface area contributed by atoms with Crippen LogP contribution in [-0.2, 0) is 14.3 Å². The van der Waals surface area contributed by atoms with Crippen molar-refractivity contribution < 1.29 is 14.3 Å². The van der Waals surface area contributed by atoms with E-state index < -0.39 is 5.92 Å². The van der Waals surface area contributed by atoms with Gasteiger partial charge in [-0.05, 0) is 56.3 Å². The second-order valence-electron chi connectivity index (χ2n) is 8.30. The van der Waals surface area contributed by atoms with Crippen LogP contribution in [0.1, 0.15) is 64.7 Å². The van der Waals surface area contributed by atoms with E-state index >= 15 is 0 Å². The Hall–Kier alpha value is -2.97. The lowest BCUT2D eigenvalue weighted by molar-refractivity contribution is -0.123. The van der Waals surface area contributed by atoms with Gasteiger partial charge in [-0.2, -0.15) is 0 Å². The molecule has 3 rings (SSSR count). The van der Waals surface area contributed by atoms with Crippen molar-refractivity contribution in [2.24, 2.45) is 10.9 Å². The van der Waals surface area contributed by atoms with Crippen LogP contribution in [0.25, 0.3) is 0 Å². The lowest BCUT2D eigenvalue weighted by Gasteiger charge is -2.09. The molecule has 1 unspecified atom stereocenters. The number of nitrogens with zero attached hydrogens (tertiary/aromatic N) is 1. The summed E-state index contributed by atoms with van der Waals surface area (Å²) in [5, 5.41) is 0. The number of hydrogen-bond donors (Lipinski definition) is 0. The Morgan fingerprint density at radius 2 is 1.94 bits per heavy atom. The highest BCUT2D eigenvalue weighted by Crippen LogP contribution is 2.31. The van der Waals surface area contributed by atoms with E-state index in [0.29, 0.717) is 23.3 Å². The summed E-state index contributed by atoms with van der Waals surface area (Å²) in [6.45, 7) is 2.02. The Morgan fingerprint density at radius 3 is 2.75 bits per heavy atom. The summed E-state index contributed by atoms with van der Waals surface area (Å²) in [4.78, 5) is 31.3. The number of ether oxygens (including phenoxy) is 1. The van der Waals surface area contributed by atoms with Gasteiger partial charge in [0, 0.05) is 17.6 Å². The molecule has 4 heteroatoms. The smallest absolute Gasteiger partial charge is 0.180 e. The van der Waals surface area contributed by atoms with Gasteiger partial charge < -0.3 is 4.74 Å². The third-order valence-corrected chi connectivity index (χ3v) is 5.94. The molecule has 1 heterocycles. The van der Waals surface area contributed by atoms with Crippen molar-refractivity contribution in [2.45, 2.75) is 64.7 Å². The van der Waals surface area contributed by atoms with E-state index in [4.69, 9.17) is 4.74 Å². The molecule has 32 heavy (non-hydrogen) atoms. The lowest BCUT2D eigenvalue weighted by Crippen LogP contribution is -2.26. The van der Waals surface area contributed by atoms with Crippen LogP contribution in [0.2, 0.25) is 0 Å². The first kappa shape index (κ1) is 23.7. The summed E-state index contributed by atoms with van der Waals surface area (Å²) < 4.78 is 5.38. The van der Waals surface area contributed by atoms with Gasteiger partial charge in [0.05, 0.1) is 19.0 Å². The number of Topliss-reactive ketones (excluding diaryl/α,β-unsaturated/α-hetero) is 2. The summed E-state index contributed by atoms with van der Waals surface area (Å²) >= 11 is 0. The molecule has 1 atom stereocenters. The van der Waals surface area contributed by atoms with Crippen molar-refractivity contribution in [1.29, 1.82) is 0 Å². The highest BCUT2D eigenvalue weighted by Gasteiger charge is 2.41. The van der Waals surface area contributed by atoms with Gasteiger partial charge in [0.1, 0.15) is 11.7 Å². The fourth-order valence-corrected chi connectivity index (χ4v) is 4.15. The van der Waals surface area contributed by atoms with Crippen LogP contribution in [0.4, 0.5) is 0 Å². The molecule has 4 nitrogen and oxygen atoms in total. The first-order valence-electron chi connectivity index (χ1n) is 11.7. The molecule has 0 saturated heterocycles. The number of rotatable bonds is 5. The second kappa shape index (κ2) is 12.2. The van der Waals surface area contributed by atoms with Crippen LogP contribution in [0.3, 0.4) is 0 Å². The monoisotopic (exact) mass is 431 g/mol. The van der Waals surface area contributed by atoms with Crippen LogP contribution in [0.15, 0.2) is 81.9 Å². The zero-order valence-electron chi connectivity index (χ0n) is 19.2. The first-order valence-corrected chi connectivity index (χ1v) is 11.7. The second-order valence-corrected chi connectivity index (χ2v) is 8.30. The minimum atomic E-state index is -0.902. The fraction of sp³-hybridized carbons (Fsp3) is 0.429. The third kappa shape index (κ3) is 6.05. The molecule has 0 saturated carbocycles. The number of methoxy groups -OCH3 is 1. The van der Waals surface area contributed by atoms with Crippen molar-refractivity contribution in [3.63, 3.8) is 0 Å². The molecule has 0 amide bonds. The predicted octanol–water partition coefficient (Wildman–Crippen LogP) is 6.29. The van der Waals surface area contributed by atoms with Gasteiger partial charge in [-0.1, -0.05) is 50.1 Å². The Morgan fingerprint density at radius 1 is 1.06 bits per heavy atom. The van der Waals surface area contributed by atoms with Crippen LogP contribution in [0, 0.1) is 5.92 Å². The number of ketones is 2. The van der Waals surface area contributed by atoms with Gasteiger partial charge in [-0.25, -0.2) is 0 Å². The van der Waals surface area contributed by atoms with Crippen LogP contribution < -0.4 is 0 Å². The Labute approximate surface area is 191 Å². The van der Waals surface area contributed by atoms with E-state index in [2.05, 4.69) is 22.9 Å². The minimum absolute atomic E-state index is 0.139. The fourth-order valence-electron chi connectivity index (χ4n) is 4.15. The highest BCUT2D eigenvalue weighted by molar-refractivity contribution is 6.37. The van der Waals surface area contributed by atoms with Crippen molar-refractivity contribution in [1.82, 2.24) is 0 Å². The topological polar surface area (TPSA) is 55.7 Å². The van der Waals surface area contributed by atoms with Gasteiger partial charge >= 0.3 is 0 Å². The standard InChI is InChI=1S/C28H33NO3/c1-3-13-23-24(19-18-21-14-9-5-4-6-10-15-21)28(31)26(27(23)30)25-17-12-8-7-11-16-22(32-2)20-29-25/h7-9,12,14,17,19-20,26H,3-6,10-11,13,15-16H2,1-2H3/b8-7+,14-9-,17-12-,22-20-,29-25+. The third-order valence-electron chi connectivity index (χ3n) is 5.94. The Balaban J connectivity index is 1.98.